The Morgan fingerprint density at radius 3 is 2.33 bits per heavy atom. The van der Waals surface area contributed by atoms with E-state index in [1.807, 2.05) is 26.8 Å². The van der Waals surface area contributed by atoms with E-state index in [4.69, 9.17) is 0 Å². The number of carbonyl (C=O) groups excluding carboxylic acids is 1. The van der Waals surface area contributed by atoms with Crippen LogP contribution in [0.25, 0.3) is 0 Å². The molecule has 0 fully saturated rings. The summed E-state index contributed by atoms with van der Waals surface area (Å²) < 4.78 is 13.6. The van der Waals surface area contributed by atoms with Crippen molar-refractivity contribution >= 4 is 5.78 Å². The van der Waals surface area contributed by atoms with E-state index >= 15 is 0 Å². The van der Waals surface area contributed by atoms with Crippen molar-refractivity contribution in [2.45, 2.75) is 27.7 Å². The van der Waals surface area contributed by atoms with Gasteiger partial charge in [0.15, 0.2) is 5.78 Å². The summed E-state index contributed by atoms with van der Waals surface area (Å²) in [5, 5.41) is 0. The van der Waals surface area contributed by atoms with Crippen molar-refractivity contribution in [1.82, 2.24) is 0 Å². The van der Waals surface area contributed by atoms with E-state index in [2.05, 4.69) is 0 Å². The van der Waals surface area contributed by atoms with Crippen molar-refractivity contribution in [2.24, 2.45) is 0 Å². The molecule has 0 radical (unpaired) electrons. The van der Waals surface area contributed by atoms with Crippen LogP contribution in [-0.4, -0.2) is 5.78 Å². The molecule has 0 saturated carbocycles. The Kier molecular flexibility index (Phi) is 3.40. The van der Waals surface area contributed by atoms with Crippen LogP contribution in [0.2, 0.25) is 0 Å². The van der Waals surface area contributed by atoms with Crippen LogP contribution in [0.1, 0.15) is 35.3 Å². The largest absolute Gasteiger partial charge is 0.289 e. The number of rotatable bonds is 2. The molecule has 2 heteroatoms. The number of allylic oxidation sites excluding steroid dienone is 2. The van der Waals surface area contributed by atoms with Gasteiger partial charge in [0.1, 0.15) is 5.82 Å². The lowest BCUT2D eigenvalue weighted by Crippen LogP contribution is -2.03. The number of carbonyl (C=O) groups is 1. The molecule has 0 bridgehead atoms. The maximum Gasteiger partial charge on any atom is 0.188 e. The molecule has 0 unspecified atom stereocenters. The van der Waals surface area contributed by atoms with Gasteiger partial charge < -0.3 is 0 Å². The molecule has 1 aromatic carbocycles. The molecule has 0 aliphatic heterocycles. The molecule has 0 saturated heterocycles. The van der Waals surface area contributed by atoms with Gasteiger partial charge in [-0.2, -0.15) is 0 Å². The fourth-order valence-electron chi connectivity index (χ4n) is 1.56. The van der Waals surface area contributed by atoms with Crippen molar-refractivity contribution in [2.75, 3.05) is 0 Å². The number of hydrogen-bond acceptors (Lipinski definition) is 1. The smallest absolute Gasteiger partial charge is 0.188 e. The quantitative estimate of drug-likeness (QED) is 0.534. The van der Waals surface area contributed by atoms with Crippen molar-refractivity contribution in [3.8, 4) is 0 Å². The highest BCUT2D eigenvalue weighted by atomic mass is 19.1. The first kappa shape index (κ1) is 11.6. The lowest BCUT2D eigenvalue weighted by Gasteiger charge is -2.05. The maximum absolute atomic E-state index is 13.6. The van der Waals surface area contributed by atoms with Crippen LogP contribution in [0.15, 0.2) is 23.8 Å². The van der Waals surface area contributed by atoms with Gasteiger partial charge >= 0.3 is 0 Å². The van der Waals surface area contributed by atoms with Gasteiger partial charge in [0.25, 0.3) is 0 Å². The zero-order valence-electron chi connectivity index (χ0n) is 9.52. The van der Waals surface area contributed by atoms with E-state index in [1.165, 1.54) is 12.1 Å². The van der Waals surface area contributed by atoms with Crippen LogP contribution in [0.5, 0.6) is 0 Å². The van der Waals surface area contributed by atoms with E-state index < -0.39 is 5.82 Å². The predicted molar refractivity (Wildman–Crippen MR) is 59.6 cm³/mol. The molecule has 0 aliphatic carbocycles. The lowest BCUT2D eigenvalue weighted by atomic mass is 10.0. The molecule has 1 nitrogen and oxygen atoms in total. The first-order valence-electron chi connectivity index (χ1n) is 4.88. The minimum absolute atomic E-state index is 0.182. The second-order valence-electron chi connectivity index (χ2n) is 4.02. The highest BCUT2D eigenvalue weighted by Crippen LogP contribution is 2.17. The predicted octanol–water partition coefficient (Wildman–Crippen LogP) is 3.59. The summed E-state index contributed by atoms with van der Waals surface area (Å²) in [6.45, 7) is 7.20. The van der Waals surface area contributed by atoms with Crippen LogP contribution >= 0.6 is 0 Å². The van der Waals surface area contributed by atoms with Gasteiger partial charge in [-0.1, -0.05) is 11.6 Å². The van der Waals surface area contributed by atoms with Gasteiger partial charge in [0.2, 0.25) is 0 Å². The number of halogens is 1. The summed E-state index contributed by atoms with van der Waals surface area (Å²) in [6.07, 6.45) is 1.46. The van der Waals surface area contributed by atoms with E-state index in [0.717, 1.165) is 11.1 Å². The summed E-state index contributed by atoms with van der Waals surface area (Å²) in [6, 6.07) is 3.20. The van der Waals surface area contributed by atoms with Crippen molar-refractivity contribution < 1.29 is 9.18 Å². The molecular formula is C13H15FO. The molecule has 0 atom stereocenters. The second kappa shape index (κ2) is 4.39. The highest BCUT2D eigenvalue weighted by molar-refractivity contribution is 6.06. The average Bonchev–Trinajstić information content (AvgIpc) is 1.99. The highest BCUT2D eigenvalue weighted by Gasteiger charge is 2.12. The Bertz CT molecular complexity index is 403. The standard InChI is InChI=1S/C13H15FO/c1-8(2)5-12(15)13-10(4)6-9(3)7-11(13)14/h5-7H,1-4H3. The molecule has 1 rings (SSSR count). The molecule has 0 spiro atoms. The lowest BCUT2D eigenvalue weighted by molar-refractivity contribution is 0.104. The summed E-state index contributed by atoms with van der Waals surface area (Å²) in [5.74, 6) is -0.694. The molecule has 0 amide bonds. The SMILES string of the molecule is CC(C)=CC(=O)c1c(C)cc(C)cc1F. The van der Waals surface area contributed by atoms with Gasteiger partial charge in [-0.15, -0.1) is 0 Å². The molecule has 15 heavy (non-hydrogen) atoms. The molecular weight excluding hydrogens is 191 g/mol. The van der Waals surface area contributed by atoms with Crippen LogP contribution in [-0.2, 0) is 0 Å². The van der Waals surface area contributed by atoms with E-state index in [1.54, 1.807) is 6.92 Å². The molecule has 0 N–H and O–H groups in total. The number of hydrogen-bond donors (Lipinski definition) is 0. The van der Waals surface area contributed by atoms with Gasteiger partial charge in [0, 0.05) is 0 Å². The Morgan fingerprint density at radius 1 is 1.27 bits per heavy atom. The monoisotopic (exact) mass is 206 g/mol. The maximum atomic E-state index is 13.6. The molecule has 0 aromatic heterocycles. The summed E-state index contributed by atoms with van der Waals surface area (Å²) in [4.78, 5) is 11.7. The van der Waals surface area contributed by atoms with Crippen LogP contribution in [0.3, 0.4) is 0 Å². The van der Waals surface area contributed by atoms with Gasteiger partial charge in [-0.3, -0.25) is 4.79 Å². The topological polar surface area (TPSA) is 17.1 Å². The first-order valence-corrected chi connectivity index (χ1v) is 4.88. The third-order valence-corrected chi connectivity index (χ3v) is 2.10. The average molecular weight is 206 g/mol. The summed E-state index contributed by atoms with van der Waals surface area (Å²) >= 11 is 0. The molecule has 80 valence electrons. The van der Waals surface area contributed by atoms with Gasteiger partial charge in [-0.05, 0) is 51.0 Å². The van der Waals surface area contributed by atoms with Crippen molar-refractivity contribution in [3.63, 3.8) is 0 Å². The Labute approximate surface area is 89.6 Å². The van der Waals surface area contributed by atoms with Crippen LogP contribution < -0.4 is 0 Å². The number of benzene rings is 1. The third kappa shape index (κ3) is 2.75. The van der Waals surface area contributed by atoms with Gasteiger partial charge in [-0.25, -0.2) is 4.39 Å². The molecule has 0 aliphatic rings. The number of ketones is 1. The van der Waals surface area contributed by atoms with E-state index in [-0.39, 0.29) is 11.3 Å². The molecule has 0 heterocycles. The zero-order chi connectivity index (χ0) is 11.6. The minimum Gasteiger partial charge on any atom is -0.289 e. The van der Waals surface area contributed by atoms with E-state index in [9.17, 15) is 9.18 Å². The minimum atomic E-state index is -0.435. The first-order chi connectivity index (χ1) is 6.91. The third-order valence-electron chi connectivity index (χ3n) is 2.10. The fourth-order valence-corrected chi connectivity index (χ4v) is 1.56. The van der Waals surface area contributed by atoms with Crippen LogP contribution in [0, 0.1) is 19.7 Å². The summed E-state index contributed by atoms with van der Waals surface area (Å²) in [5.41, 5.74) is 2.58. The normalized spacial score (nSPS) is 9.93. The van der Waals surface area contributed by atoms with Crippen LogP contribution in [0.4, 0.5) is 4.39 Å². The van der Waals surface area contributed by atoms with Crippen molar-refractivity contribution in [3.05, 3.63) is 46.3 Å². The second-order valence-corrected chi connectivity index (χ2v) is 4.02. The van der Waals surface area contributed by atoms with Gasteiger partial charge in [0.05, 0.1) is 5.56 Å². The Balaban J connectivity index is 3.26. The van der Waals surface area contributed by atoms with Crippen molar-refractivity contribution in [1.29, 1.82) is 0 Å². The Morgan fingerprint density at radius 2 is 1.87 bits per heavy atom. The fraction of sp³-hybridized carbons (Fsp3) is 0.308. The number of aryl methyl sites for hydroxylation is 2. The Hall–Kier alpha value is -1.44. The zero-order valence-corrected chi connectivity index (χ0v) is 9.52. The molecule has 1 aromatic rings. The van der Waals surface area contributed by atoms with E-state index in [0.29, 0.717) is 5.56 Å². The summed E-state index contributed by atoms with van der Waals surface area (Å²) in [7, 11) is 0.